The number of hydrogen-bond donors (Lipinski definition) is 1. The molecule has 0 aliphatic carbocycles. The van der Waals surface area contributed by atoms with Gasteiger partial charge in [0.2, 0.25) is 0 Å². The zero-order valence-electron chi connectivity index (χ0n) is 14.6. The summed E-state index contributed by atoms with van der Waals surface area (Å²) in [6.07, 6.45) is 4.81. The van der Waals surface area contributed by atoms with Crippen molar-refractivity contribution in [2.75, 3.05) is 20.6 Å². The fourth-order valence-electron chi connectivity index (χ4n) is 2.77. The van der Waals surface area contributed by atoms with Gasteiger partial charge in [-0.05, 0) is 34.1 Å². The summed E-state index contributed by atoms with van der Waals surface area (Å²) in [7, 11) is 5.87. The second-order valence-corrected chi connectivity index (χ2v) is 6.80. The van der Waals surface area contributed by atoms with E-state index in [0.717, 1.165) is 41.4 Å². The van der Waals surface area contributed by atoms with Crippen LogP contribution in [0.2, 0.25) is 0 Å². The predicted molar refractivity (Wildman–Crippen MR) is 103 cm³/mol. The van der Waals surface area contributed by atoms with Gasteiger partial charge in [0.25, 0.3) is 0 Å². The first-order chi connectivity index (χ1) is 12.1. The SMILES string of the molecule is CN=C(NCCc1nnc2ccccn12)N(C)Cc1cc(Br)cn1C. The molecule has 8 heteroatoms. The van der Waals surface area contributed by atoms with Crippen molar-refractivity contribution in [1.82, 2.24) is 29.4 Å². The summed E-state index contributed by atoms with van der Waals surface area (Å²) in [6, 6.07) is 8.02. The third-order valence-corrected chi connectivity index (χ3v) is 4.50. The molecule has 3 rings (SSSR count). The maximum atomic E-state index is 4.37. The number of nitrogens with zero attached hydrogens (tertiary/aromatic N) is 6. The summed E-state index contributed by atoms with van der Waals surface area (Å²) in [4.78, 5) is 6.47. The molecule has 0 aromatic carbocycles. The lowest BCUT2D eigenvalue weighted by Crippen LogP contribution is -2.39. The molecule has 0 fully saturated rings. The fraction of sp³-hybridized carbons (Fsp3) is 0.353. The summed E-state index contributed by atoms with van der Waals surface area (Å²) in [5.74, 6) is 1.79. The number of aryl methyl sites for hydroxylation is 1. The molecule has 1 N–H and O–H groups in total. The van der Waals surface area contributed by atoms with Crippen LogP contribution in [-0.2, 0) is 20.0 Å². The quantitative estimate of drug-likeness (QED) is 0.523. The van der Waals surface area contributed by atoms with Crippen LogP contribution >= 0.6 is 15.9 Å². The Labute approximate surface area is 155 Å². The molecule has 3 heterocycles. The van der Waals surface area contributed by atoms with E-state index in [4.69, 9.17) is 0 Å². The Balaban J connectivity index is 1.58. The molecule has 0 radical (unpaired) electrons. The molecule has 0 atom stereocenters. The molecule has 0 saturated heterocycles. The van der Waals surface area contributed by atoms with E-state index in [0.29, 0.717) is 0 Å². The number of halogens is 1. The molecular formula is C17H22BrN7. The standard InChI is InChI=1S/C17H22BrN7/c1-19-17(24(3)12-14-10-13(18)11-23(14)2)20-8-7-16-22-21-15-6-4-5-9-25(15)16/h4-6,9-11H,7-8,12H2,1-3H3,(H,19,20). The summed E-state index contributed by atoms with van der Waals surface area (Å²) in [5.41, 5.74) is 2.08. The Kier molecular flexibility index (Phi) is 5.37. The third-order valence-electron chi connectivity index (χ3n) is 4.06. The van der Waals surface area contributed by atoms with Crippen LogP contribution in [-0.4, -0.2) is 50.7 Å². The smallest absolute Gasteiger partial charge is 0.193 e. The molecule has 25 heavy (non-hydrogen) atoms. The zero-order chi connectivity index (χ0) is 17.8. The molecule has 132 valence electrons. The van der Waals surface area contributed by atoms with Crippen molar-refractivity contribution in [3.05, 3.63) is 52.7 Å². The number of hydrogen-bond acceptors (Lipinski definition) is 3. The van der Waals surface area contributed by atoms with E-state index in [2.05, 4.69) is 58.2 Å². The van der Waals surface area contributed by atoms with Gasteiger partial charge in [0.1, 0.15) is 5.82 Å². The van der Waals surface area contributed by atoms with E-state index in [1.165, 1.54) is 5.69 Å². The second kappa shape index (κ2) is 7.69. The number of aromatic nitrogens is 4. The van der Waals surface area contributed by atoms with Crippen LogP contribution < -0.4 is 5.32 Å². The van der Waals surface area contributed by atoms with E-state index in [9.17, 15) is 0 Å². The molecule has 0 bridgehead atoms. The van der Waals surface area contributed by atoms with E-state index < -0.39 is 0 Å². The Morgan fingerprint density at radius 1 is 1.36 bits per heavy atom. The first kappa shape index (κ1) is 17.5. The highest BCUT2D eigenvalue weighted by molar-refractivity contribution is 9.10. The van der Waals surface area contributed by atoms with Gasteiger partial charge >= 0.3 is 0 Å². The lowest BCUT2D eigenvalue weighted by molar-refractivity contribution is 0.462. The Bertz CT molecular complexity index is 880. The van der Waals surface area contributed by atoms with Gasteiger partial charge in [-0.3, -0.25) is 9.39 Å². The highest BCUT2D eigenvalue weighted by Gasteiger charge is 2.10. The molecule has 0 aliphatic rings. The maximum absolute atomic E-state index is 4.37. The van der Waals surface area contributed by atoms with Gasteiger partial charge in [-0.15, -0.1) is 10.2 Å². The molecule has 0 aliphatic heterocycles. The van der Waals surface area contributed by atoms with Crippen molar-refractivity contribution >= 4 is 27.5 Å². The lowest BCUT2D eigenvalue weighted by Gasteiger charge is -2.22. The first-order valence-electron chi connectivity index (χ1n) is 8.09. The van der Waals surface area contributed by atoms with Crippen LogP contribution in [0.1, 0.15) is 11.5 Å². The lowest BCUT2D eigenvalue weighted by atomic mass is 10.3. The molecule has 0 saturated carbocycles. The molecule has 0 amide bonds. The summed E-state index contributed by atoms with van der Waals surface area (Å²) in [6.45, 7) is 1.51. The molecule has 3 aromatic heterocycles. The molecular weight excluding hydrogens is 382 g/mol. The molecule has 7 nitrogen and oxygen atoms in total. The van der Waals surface area contributed by atoms with E-state index in [-0.39, 0.29) is 0 Å². The summed E-state index contributed by atoms with van der Waals surface area (Å²) < 4.78 is 5.20. The van der Waals surface area contributed by atoms with Crippen LogP contribution in [0.3, 0.4) is 0 Å². The number of fused-ring (bicyclic) bond motifs is 1. The van der Waals surface area contributed by atoms with Crippen LogP contribution in [0.25, 0.3) is 5.65 Å². The van der Waals surface area contributed by atoms with Crippen molar-refractivity contribution in [3.63, 3.8) is 0 Å². The normalized spacial score (nSPS) is 11.9. The minimum atomic E-state index is 0.740. The molecule has 0 unspecified atom stereocenters. The number of nitrogens with one attached hydrogen (secondary N) is 1. The Morgan fingerprint density at radius 2 is 2.20 bits per heavy atom. The first-order valence-corrected chi connectivity index (χ1v) is 8.89. The van der Waals surface area contributed by atoms with Crippen molar-refractivity contribution < 1.29 is 0 Å². The average Bonchev–Trinajstić information content (AvgIpc) is 3.14. The van der Waals surface area contributed by atoms with Gasteiger partial charge in [-0.25, -0.2) is 0 Å². The van der Waals surface area contributed by atoms with Crippen molar-refractivity contribution in [2.24, 2.45) is 12.0 Å². The van der Waals surface area contributed by atoms with Gasteiger partial charge in [0.05, 0.1) is 6.54 Å². The number of pyridine rings is 1. The number of guanidine groups is 1. The van der Waals surface area contributed by atoms with Gasteiger partial charge < -0.3 is 14.8 Å². The van der Waals surface area contributed by atoms with Gasteiger partial charge in [-0.1, -0.05) is 6.07 Å². The van der Waals surface area contributed by atoms with Crippen LogP contribution in [0.15, 0.2) is 46.1 Å². The largest absolute Gasteiger partial charge is 0.356 e. The minimum absolute atomic E-state index is 0.740. The second-order valence-electron chi connectivity index (χ2n) is 5.89. The molecule has 0 spiro atoms. The van der Waals surface area contributed by atoms with E-state index in [1.54, 1.807) is 7.05 Å². The zero-order valence-corrected chi connectivity index (χ0v) is 16.2. The van der Waals surface area contributed by atoms with Crippen LogP contribution in [0, 0.1) is 0 Å². The average molecular weight is 404 g/mol. The summed E-state index contributed by atoms with van der Waals surface area (Å²) in [5, 5.41) is 11.8. The highest BCUT2D eigenvalue weighted by atomic mass is 79.9. The van der Waals surface area contributed by atoms with E-state index in [1.807, 2.05) is 42.9 Å². The minimum Gasteiger partial charge on any atom is -0.356 e. The predicted octanol–water partition coefficient (Wildman–Crippen LogP) is 2.08. The Morgan fingerprint density at radius 3 is 2.92 bits per heavy atom. The summed E-state index contributed by atoms with van der Waals surface area (Å²) >= 11 is 3.51. The maximum Gasteiger partial charge on any atom is 0.193 e. The Hall–Kier alpha value is -2.35. The van der Waals surface area contributed by atoms with Crippen LogP contribution in [0.5, 0.6) is 0 Å². The van der Waals surface area contributed by atoms with Crippen molar-refractivity contribution in [3.8, 4) is 0 Å². The highest BCUT2D eigenvalue weighted by Crippen LogP contribution is 2.15. The van der Waals surface area contributed by atoms with E-state index >= 15 is 0 Å². The van der Waals surface area contributed by atoms with Gasteiger partial charge in [0, 0.05) is 56.7 Å². The van der Waals surface area contributed by atoms with Gasteiger partial charge in [-0.2, -0.15) is 0 Å². The fourth-order valence-corrected chi connectivity index (χ4v) is 3.34. The van der Waals surface area contributed by atoms with Crippen molar-refractivity contribution in [1.29, 1.82) is 0 Å². The molecule has 3 aromatic rings. The van der Waals surface area contributed by atoms with Crippen LogP contribution in [0.4, 0.5) is 0 Å². The topological polar surface area (TPSA) is 62.8 Å². The number of rotatable bonds is 5. The number of aliphatic imine (C=N–C) groups is 1. The van der Waals surface area contributed by atoms with Crippen molar-refractivity contribution in [2.45, 2.75) is 13.0 Å². The van der Waals surface area contributed by atoms with Gasteiger partial charge in [0.15, 0.2) is 11.6 Å². The monoisotopic (exact) mass is 403 g/mol. The third kappa shape index (κ3) is 4.01.